The molecule has 0 radical (unpaired) electrons. The van der Waals surface area contributed by atoms with Gasteiger partial charge in [0.2, 0.25) is 11.8 Å². The maximum atomic E-state index is 11.1. The zero-order chi connectivity index (χ0) is 9.14. The van der Waals surface area contributed by atoms with Gasteiger partial charge in [0.05, 0.1) is 0 Å². The van der Waals surface area contributed by atoms with E-state index in [9.17, 15) is 9.59 Å². The number of amides is 2. The number of hydrogen-bond donors (Lipinski definition) is 1. The molecule has 0 spiro atoms. The zero-order valence-corrected chi connectivity index (χ0v) is 8.47. The topological polar surface area (TPSA) is 63.4 Å². The Bertz CT molecular complexity index is 192. The van der Waals surface area contributed by atoms with Gasteiger partial charge in [-0.25, -0.2) is 0 Å². The standard InChI is InChI=1S/C8H14N2O2.ClH/c1-2-6(9)5-10-7(11)3-4-8(10)12;/h6H,2-5,9H2,1H3;1H. The van der Waals surface area contributed by atoms with E-state index in [4.69, 9.17) is 5.73 Å². The van der Waals surface area contributed by atoms with Crippen LogP contribution in [-0.4, -0.2) is 29.3 Å². The van der Waals surface area contributed by atoms with E-state index >= 15 is 0 Å². The van der Waals surface area contributed by atoms with E-state index in [1.807, 2.05) is 6.92 Å². The number of rotatable bonds is 3. The number of carbonyl (C=O) groups is 2. The summed E-state index contributed by atoms with van der Waals surface area (Å²) >= 11 is 0. The normalized spacial score (nSPS) is 18.8. The molecule has 1 rings (SSSR count). The van der Waals surface area contributed by atoms with Crippen molar-refractivity contribution < 1.29 is 9.59 Å². The molecular formula is C8H15ClN2O2. The first-order chi connectivity index (χ1) is 5.65. The van der Waals surface area contributed by atoms with Crippen LogP contribution < -0.4 is 5.73 Å². The fourth-order valence-electron chi connectivity index (χ4n) is 1.19. The molecule has 0 aromatic rings. The summed E-state index contributed by atoms with van der Waals surface area (Å²) in [6.07, 6.45) is 1.50. The van der Waals surface area contributed by atoms with Gasteiger partial charge in [-0.2, -0.15) is 0 Å². The lowest BCUT2D eigenvalue weighted by Crippen LogP contribution is -2.40. The van der Waals surface area contributed by atoms with Crippen LogP contribution in [-0.2, 0) is 9.59 Å². The van der Waals surface area contributed by atoms with E-state index in [2.05, 4.69) is 0 Å². The highest BCUT2D eigenvalue weighted by Gasteiger charge is 2.29. The molecule has 0 aromatic heterocycles. The first kappa shape index (κ1) is 12.4. The number of halogens is 1. The summed E-state index contributed by atoms with van der Waals surface area (Å²) in [5, 5.41) is 0. The van der Waals surface area contributed by atoms with Crippen LogP contribution in [0, 0.1) is 0 Å². The number of likely N-dealkylation sites (tertiary alicyclic amines) is 1. The summed E-state index contributed by atoms with van der Waals surface area (Å²) in [5.74, 6) is -0.159. The molecule has 1 heterocycles. The van der Waals surface area contributed by atoms with Crippen molar-refractivity contribution in [2.24, 2.45) is 5.73 Å². The van der Waals surface area contributed by atoms with Gasteiger partial charge in [-0.05, 0) is 6.42 Å². The van der Waals surface area contributed by atoms with Crippen molar-refractivity contribution in [2.75, 3.05) is 6.54 Å². The van der Waals surface area contributed by atoms with E-state index in [0.29, 0.717) is 19.4 Å². The molecule has 1 aliphatic heterocycles. The molecule has 1 fully saturated rings. The molecule has 76 valence electrons. The largest absolute Gasteiger partial charge is 0.326 e. The summed E-state index contributed by atoms with van der Waals surface area (Å²) < 4.78 is 0. The van der Waals surface area contributed by atoms with Crippen molar-refractivity contribution >= 4 is 24.2 Å². The highest BCUT2D eigenvalue weighted by molar-refractivity contribution is 6.01. The van der Waals surface area contributed by atoms with Gasteiger partial charge in [0.25, 0.3) is 0 Å². The van der Waals surface area contributed by atoms with Crippen LogP contribution in [0.5, 0.6) is 0 Å². The second-order valence-electron chi connectivity index (χ2n) is 3.07. The molecule has 0 saturated carbocycles. The first-order valence-corrected chi connectivity index (χ1v) is 4.24. The van der Waals surface area contributed by atoms with Crippen molar-refractivity contribution in [3.63, 3.8) is 0 Å². The third-order valence-electron chi connectivity index (χ3n) is 2.10. The van der Waals surface area contributed by atoms with Crippen LogP contribution in [0.3, 0.4) is 0 Å². The Kier molecular flexibility index (Phi) is 4.95. The lowest BCUT2D eigenvalue weighted by molar-refractivity contribution is -0.138. The predicted octanol–water partition coefficient (Wildman–Crippen LogP) is 0.295. The average Bonchev–Trinajstić information content (AvgIpc) is 2.35. The predicted molar refractivity (Wildman–Crippen MR) is 51.5 cm³/mol. The Hall–Kier alpha value is -0.610. The third kappa shape index (κ3) is 2.97. The van der Waals surface area contributed by atoms with Crippen molar-refractivity contribution in [1.29, 1.82) is 0 Å². The SMILES string of the molecule is CCC(N)CN1C(=O)CCC1=O.Cl. The van der Waals surface area contributed by atoms with Crippen LogP contribution in [0.2, 0.25) is 0 Å². The Morgan fingerprint density at radius 1 is 1.38 bits per heavy atom. The molecule has 5 heteroatoms. The van der Waals surface area contributed by atoms with Crippen LogP contribution in [0.25, 0.3) is 0 Å². The Balaban J connectivity index is 0.00000144. The molecular weight excluding hydrogens is 192 g/mol. The minimum Gasteiger partial charge on any atom is -0.326 e. The highest BCUT2D eigenvalue weighted by Crippen LogP contribution is 2.11. The molecule has 4 nitrogen and oxygen atoms in total. The molecule has 0 aliphatic carbocycles. The van der Waals surface area contributed by atoms with Crippen molar-refractivity contribution in [3.05, 3.63) is 0 Å². The molecule has 1 aliphatic rings. The molecule has 2 N–H and O–H groups in total. The Morgan fingerprint density at radius 2 is 1.85 bits per heavy atom. The minimum absolute atomic E-state index is 0. The quantitative estimate of drug-likeness (QED) is 0.676. The van der Waals surface area contributed by atoms with E-state index in [-0.39, 0.29) is 30.3 Å². The van der Waals surface area contributed by atoms with Crippen LogP contribution in [0.4, 0.5) is 0 Å². The molecule has 1 atom stereocenters. The summed E-state index contributed by atoms with van der Waals surface area (Å²) in [7, 11) is 0. The van der Waals surface area contributed by atoms with E-state index in [1.54, 1.807) is 0 Å². The highest BCUT2D eigenvalue weighted by atomic mass is 35.5. The summed E-state index contributed by atoms with van der Waals surface area (Å²) in [6.45, 7) is 2.32. The third-order valence-corrected chi connectivity index (χ3v) is 2.10. The van der Waals surface area contributed by atoms with E-state index in [1.165, 1.54) is 4.90 Å². The van der Waals surface area contributed by atoms with Crippen LogP contribution in [0.15, 0.2) is 0 Å². The van der Waals surface area contributed by atoms with Gasteiger partial charge in [0, 0.05) is 25.4 Å². The summed E-state index contributed by atoms with van der Waals surface area (Å²) in [5.41, 5.74) is 5.63. The molecule has 1 unspecified atom stereocenters. The molecule has 1 saturated heterocycles. The number of nitrogens with two attached hydrogens (primary N) is 1. The van der Waals surface area contributed by atoms with E-state index in [0.717, 1.165) is 6.42 Å². The van der Waals surface area contributed by atoms with Crippen molar-refractivity contribution in [3.8, 4) is 0 Å². The smallest absolute Gasteiger partial charge is 0.229 e. The van der Waals surface area contributed by atoms with Crippen molar-refractivity contribution in [2.45, 2.75) is 32.2 Å². The number of carbonyl (C=O) groups excluding carboxylic acids is 2. The van der Waals surface area contributed by atoms with Gasteiger partial charge < -0.3 is 5.73 Å². The molecule has 0 bridgehead atoms. The lowest BCUT2D eigenvalue weighted by atomic mass is 10.2. The van der Waals surface area contributed by atoms with E-state index < -0.39 is 0 Å². The average molecular weight is 207 g/mol. The number of nitrogens with zero attached hydrogens (tertiary/aromatic N) is 1. The monoisotopic (exact) mass is 206 g/mol. The first-order valence-electron chi connectivity index (χ1n) is 4.24. The van der Waals surface area contributed by atoms with Gasteiger partial charge in [-0.15, -0.1) is 12.4 Å². The van der Waals surface area contributed by atoms with Gasteiger partial charge in [0.15, 0.2) is 0 Å². The second-order valence-corrected chi connectivity index (χ2v) is 3.07. The van der Waals surface area contributed by atoms with Gasteiger partial charge in [-0.1, -0.05) is 6.92 Å². The number of hydrogen-bond acceptors (Lipinski definition) is 3. The summed E-state index contributed by atoms with van der Waals surface area (Å²) in [4.78, 5) is 23.4. The van der Waals surface area contributed by atoms with Crippen LogP contribution >= 0.6 is 12.4 Å². The Morgan fingerprint density at radius 3 is 2.23 bits per heavy atom. The maximum Gasteiger partial charge on any atom is 0.229 e. The van der Waals surface area contributed by atoms with Gasteiger partial charge in [-0.3, -0.25) is 14.5 Å². The zero-order valence-electron chi connectivity index (χ0n) is 7.66. The second kappa shape index (κ2) is 5.19. The fraction of sp³-hybridized carbons (Fsp3) is 0.750. The minimum atomic E-state index is -0.0797. The fourth-order valence-corrected chi connectivity index (χ4v) is 1.19. The van der Waals surface area contributed by atoms with Gasteiger partial charge >= 0.3 is 0 Å². The maximum absolute atomic E-state index is 11.1. The number of imide groups is 1. The lowest BCUT2D eigenvalue weighted by Gasteiger charge is -2.17. The Labute approximate surface area is 83.9 Å². The van der Waals surface area contributed by atoms with Crippen LogP contribution in [0.1, 0.15) is 26.2 Å². The molecule has 13 heavy (non-hydrogen) atoms. The summed E-state index contributed by atoms with van der Waals surface area (Å²) in [6, 6.07) is -0.0731. The van der Waals surface area contributed by atoms with Crippen molar-refractivity contribution in [1.82, 2.24) is 4.90 Å². The molecule has 0 aromatic carbocycles. The molecule has 2 amide bonds. The van der Waals surface area contributed by atoms with Gasteiger partial charge in [0.1, 0.15) is 0 Å².